The number of nitrogens with zero attached hydrogens (tertiary/aromatic N) is 1. The summed E-state index contributed by atoms with van der Waals surface area (Å²) in [6.07, 6.45) is 1.76. The zero-order valence-electron chi connectivity index (χ0n) is 13.3. The molecule has 2 heterocycles. The molecular formula is C20H15F2NO. The Balaban J connectivity index is 2.03. The molecule has 0 aliphatic rings. The minimum Gasteiger partial charge on any atom is -0.455 e. The number of hydrogen-bond acceptors (Lipinski definition) is 2. The molecule has 0 saturated carbocycles. The quantitative estimate of drug-likeness (QED) is 0.449. The fourth-order valence-electron chi connectivity index (χ4n) is 3.00. The van der Waals surface area contributed by atoms with Crippen LogP contribution < -0.4 is 0 Å². The number of furan rings is 1. The molecule has 120 valence electrons. The van der Waals surface area contributed by atoms with Crippen LogP contribution in [0.25, 0.3) is 33.2 Å². The summed E-state index contributed by atoms with van der Waals surface area (Å²) >= 11 is 0. The van der Waals surface area contributed by atoms with Gasteiger partial charge in [-0.05, 0) is 29.7 Å². The van der Waals surface area contributed by atoms with Crippen LogP contribution in [0, 0.1) is 11.6 Å². The van der Waals surface area contributed by atoms with Crippen LogP contribution in [0.5, 0.6) is 0 Å². The molecule has 0 unspecified atom stereocenters. The van der Waals surface area contributed by atoms with Crippen molar-refractivity contribution < 1.29 is 13.2 Å². The van der Waals surface area contributed by atoms with Gasteiger partial charge in [0.1, 0.15) is 22.8 Å². The molecule has 4 aromatic rings. The lowest BCUT2D eigenvalue weighted by Crippen LogP contribution is -1.91. The number of benzene rings is 2. The monoisotopic (exact) mass is 323 g/mol. The first-order chi connectivity index (χ1) is 11.5. The van der Waals surface area contributed by atoms with Crippen molar-refractivity contribution in [3.63, 3.8) is 0 Å². The number of rotatable bonds is 2. The van der Waals surface area contributed by atoms with Crippen molar-refractivity contribution in [2.24, 2.45) is 0 Å². The van der Waals surface area contributed by atoms with Gasteiger partial charge in [-0.25, -0.2) is 8.78 Å². The summed E-state index contributed by atoms with van der Waals surface area (Å²) in [6.45, 7) is 4.22. The molecule has 0 fully saturated rings. The molecule has 0 aliphatic carbocycles. The van der Waals surface area contributed by atoms with Crippen LogP contribution in [0.3, 0.4) is 0 Å². The minimum absolute atomic E-state index is 0.204. The van der Waals surface area contributed by atoms with E-state index in [2.05, 4.69) is 18.8 Å². The second kappa shape index (κ2) is 5.41. The van der Waals surface area contributed by atoms with E-state index in [1.807, 2.05) is 24.3 Å². The molecule has 0 spiro atoms. The van der Waals surface area contributed by atoms with E-state index in [0.717, 1.165) is 22.9 Å². The molecule has 4 heteroatoms. The fraction of sp³-hybridized carbons (Fsp3) is 0.150. The third-order valence-electron chi connectivity index (χ3n) is 4.24. The second-order valence-electron chi connectivity index (χ2n) is 6.17. The Morgan fingerprint density at radius 1 is 1.04 bits per heavy atom. The normalized spacial score (nSPS) is 11.7. The number of pyridine rings is 1. The maximum atomic E-state index is 14.2. The first-order valence-electron chi connectivity index (χ1n) is 7.81. The first-order valence-corrected chi connectivity index (χ1v) is 7.81. The van der Waals surface area contributed by atoms with Gasteiger partial charge in [0.05, 0.1) is 11.1 Å². The fourth-order valence-corrected chi connectivity index (χ4v) is 3.00. The zero-order chi connectivity index (χ0) is 16.8. The minimum atomic E-state index is -0.652. The molecule has 2 aromatic carbocycles. The number of para-hydroxylation sites is 1. The van der Waals surface area contributed by atoms with Gasteiger partial charge < -0.3 is 4.42 Å². The third kappa shape index (κ3) is 2.26. The number of halogens is 2. The molecule has 2 nitrogen and oxygen atoms in total. The smallest absolute Gasteiger partial charge is 0.144 e. The SMILES string of the molecule is CC(C)c1ccnc(-c2cccc3c2oc2cc(F)cc(F)c23)c1. The Hall–Kier alpha value is -2.75. The van der Waals surface area contributed by atoms with Gasteiger partial charge in [-0.2, -0.15) is 0 Å². The van der Waals surface area contributed by atoms with Crippen LogP contribution in [0.1, 0.15) is 25.3 Å². The van der Waals surface area contributed by atoms with E-state index in [1.54, 1.807) is 12.3 Å². The van der Waals surface area contributed by atoms with Gasteiger partial charge in [-0.1, -0.05) is 26.0 Å². The second-order valence-corrected chi connectivity index (χ2v) is 6.17. The molecular weight excluding hydrogens is 308 g/mol. The van der Waals surface area contributed by atoms with Crippen LogP contribution in [0.2, 0.25) is 0 Å². The van der Waals surface area contributed by atoms with Crippen molar-refractivity contribution in [2.75, 3.05) is 0 Å². The molecule has 24 heavy (non-hydrogen) atoms. The van der Waals surface area contributed by atoms with Gasteiger partial charge in [0.2, 0.25) is 0 Å². The third-order valence-corrected chi connectivity index (χ3v) is 4.24. The standard InChI is InChI=1S/C20H15F2NO/c1-11(2)12-6-7-23-17(8-12)14-4-3-5-15-19-16(22)9-13(21)10-18(19)24-20(14)15/h3-11H,1-2H3. The molecule has 4 rings (SSSR count). The van der Waals surface area contributed by atoms with Gasteiger partial charge in [0.25, 0.3) is 0 Å². The first kappa shape index (κ1) is 14.8. The number of aromatic nitrogens is 1. The highest BCUT2D eigenvalue weighted by Gasteiger charge is 2.17. The number of hydrogen-bond donors (Lipinski definition) is 0. The average molecular weight is 323 g/mol. The van der Waals surface area contributed by atoms with Crippen molar-refractivity contribution in [1.29, 1.82) is 0 Å². The largest absolute Gasteiger partial charge is 0.455 e. The Morgan fingerprint density at radius 2 is 1.88 bits per heavy atom. The molecule has 0 radical (unpaired) electrons. The molecule has 2 aromatic heterocycles. The summed E-state index contributed by atoms with van der Waals surface area (Å²) in [5.41, 5.74) is 3.41. The van der Waals surface area contributed by atoms with Crippen LogP contribution in [-0.4, -0.2) is 4.98 Å². The van der Waals surface area contributed by atoms with Gasteiger partial charge >= 0.3 is 0 Å². The number of fused-ring (bicyclic) bond motifs is 3. The lowest BCUT2D eigenvalue weighted by molar-refractivity contribution is 0.584. The molecule has 0 aliphatic heterocycles. The lowest BCUT2D eigenvalue weighted by atomic mass is 10.0. The van der Waals surface area contributed by atoms with E-state index in [0.29, 0.717) is 22.3 Å². The molecule has 0 N–H and O–H groups in total. The predicted octanol–water partition coefficient (Wildman–Crippen LogP) is 6.05. The highest BCUT2D eigenvalue weighted by atomic mass is 19.1. The van der Waals surface area contributed by atoms with Crippen molar-refractivity contribution in [3.8, 4) is 11.3 Å². The van der Waals surface area contributed by atoms with E-state index in [4.69, 9.17) is 4.42 Å². The van der Waals surface area contributed by atoms with Gasteiger partial charge in [0, 0.05) is 29.3 Å². The topological polar surface area (TPSA) is 26.0 Å². The van der Waals surface area contributed by atoms with Crippen molar-refractivity contribution >= 4 is 21.9 Å². The van der Waals surface area contributed by atoms with E-state index in [-0.39, 0.29) is 5.58 Å². The maximum Gasteiger partial charge on any atom is 0.144 e. The van der Waals surface area contributed by atoms with E-state index >= 15 is 0 Å². The van der Waals surface area contributed by atoms with Crippen LogP contribution in [0.4, 0.5) is 8.78 Å². The Bertz CT molecular complexity index is 1070. The van der Waals surface area contributed by atoms with Crippen molar-refractivity contribution in [3.05, 3.63) is 65.9 Å². The van der Waals surface area contributed by atoms with E-state index < -0.39 is 11.6 Å². The van der Waals surface area contributed by atoms with Gasteiger partial charge in [-0.15, -0.1) is 0 Å². The zero-order valence-corrected chi connectivity index (χ0v) is 13.3. The lowest BCUT2D eigenvalue weighted by Gasteiger charge is -2.07. The summed E-state index contributed by atoms with van der Waals surface area (Å²) < 4.78 is 33.5. The van der Waals surface area contributed by atoms with Gasteiger partial charge in [0.15, 0.2) is 0 Å². The average Bonchev–Trinajstić information content (AvgIpc) is 2.93. The maximum absolute atomic E-state index is 14.2. The Morgan fingerprint density at radius 3 is 2.67 bits per heavy atom. The summed E-state index contributed by atoms with van der Waals surface area (Å²) in [4.78, 5) is 4.42. The predicted molar refractivity (Wildman–Crippen MR) is 91.0 cm³/mol. The Labute approximate surface area is 137 Å². The molecule has 0 amide bonds. The van der Waals surface area contributed by atoms with E-state index in [9.17, 15) is 8.78 Å². The molecule has 0 bridgehead atoms. The van der Waals surface area contributed by atoms with E-state index in [1.165, 1.54) is 6.07 Å². The summed E-state index contributed by atoms with van der Waals surface area (Å²) in [5, 5.41) is 0.921. The Kier molecular flexibility index (Phi) is 3.34. The van der Waals surface area contributed by atoms with Crippen molar-refractivity contribution in [2.45, 2.75) is 19.8 Å². The molecule has 0 atom stereocenters. The highest BCUT2D eigenvalue weighted by molar-refractivity contribution is 6.09. The van der Waals surface area contributed by atoms with Crippen LogP contribution in [0.15, 0.2) is 53.1 Å². The summed E-state index contributed by atoms with van der Waals surface area (Å²) in [6, 6.07) is 11.6. The van der Waals surface area contributed by atoms with Crippen LogP contribution >= 0.6 is 0 Å². The summed E-state index contributed by atoms with van der Waals surface area (Å²) in [5.74, 6) is -0.904. The van der Waals surface area contributed by atoms with Crippen LogP contribution in [-0.2, 0) is 0 Å². The summed E-state index contributed by atoms with van der Waals surface area (Å²) in [7, 11) is 0. The highest BCUT2D eigenvalue weighted by Crippen LogP contribution is 2.37. The molecule has 0 saturated heterocycles. The van der Waals surface area contributed by atoms with Gasteiger partial charge in [-0.3, -0.25) is 4.98 Å². The van der Waals surface area contributed by atoms with Crippen molar-refractivity contribution in [1.82, 2.24) is 4.98 Å².